The van der Waals surface area contributed by atoms with Gasteiger partial charge in [-0.2, -0.15) is 0 Å². The fourth-order valence-electron chi connectivity index (χ4n) is 8.21. The Morgan fingerprint density at radius 1 is 0.583 bits per heavy atom. The summed E-state index contributed by atoms with van der Waals surface area (Å²) in [6.45, 7) is 7.69. The van der Waals surface area contributed by atoms with E-state index in [1.165, 1.54) is 9.80 Å². The number of rotatable bonds is 10. The van der Waals surface area contributed by atoms with Crippen molar-refractivity contribution >= 4 is 47.3 Å². The summed E-state index contributed by atoms with van der Waals surface area (Å²) >= 11 is 0. The molecule has 16 heteroatoms. The molecule has 0 bridgehead atoms. The molecule has 9 atom stereocenters. The summed E-state index contributed by atoms with van der Waals surface area (Å²) < 4.78 is 0. The maximum atomic E-state index is 14.5. The second-order valence-electron chi connectivity index (χ2n) is 16.4. The molecule has 2 unspecified atom stereocenters. The Morgan fingerprint density at radius 2 is 0.967 bits per heavy atom. The van der Waals surface area contributed by atoms with Gasteiger partial charge in [-0.15, -0.1) is 0 Å². The van der Waals surface area contributed by atoms with Gasteiger partial charge >= 0.3 is 0 Å². The van der Waals surface area contributed by atoms with Crippen LogP contribution < -0.4 is 32.3 Å². The van der Waals surface area contributed by atoms with E-state index in [4.69, 9.17) is 5.73 Å². The molecule has 0 aliphatic carbocycles. The molecule has 3 fully saturated rings. The van der Waals surface area contributed by atoms with Gasteiger partial charge < -0.3 is 42.1 Å². The van der Waals surface area contributed by atoms with Crippen LogP contribution in [-0.2, 0) is 51.2 Å². The van der Waals surface area contributed by atoms with E-state index in [1.807, 2.05) is 51.1 Å². The fourth-order valence-corrected chi connectivity index (χ4v) is 8.21. The van der Waals surface area contributed by atoms with E-state index in [0.29, 0.717) is 44.1 Å². The molecule has 2 aromatic carbocycles. The molecule has 8 amide bonds. The van der Waals surface area contributed by atoms with Crippen molar-refractivity contribution in [2.45, 2.75) is 128 Å². The van der Waals surface area contributed by atoms with Crippen LogP contribution in [0.3, 0.4) is 0 Å². The number of nitrogens with two attached hydrogens (primary N) is 1. The SMILES string of the molecule is CCC(C)[C@@H]1NC(=O)[C@@H]2CCCN2C(=O)[C@H](Cc2ccccc2)NC(=O)[C@H](CC(N)=O)NC(=O)[C@H](C(C)CC)NC(=O)[C@@H]2CCCN2C(=O)[C@H](Cc2ccccc2)NC1=O. The van der Waals surface area contributed by atoms with E-state index < -0.39 is 102 Å². The monoisotopic (exact) mass is 828 g/mol. The van der Waals surface area contributed by atoms with Gasteiger partial charge in [-0.25, -0.2) is 0 Å². The van der Waals surface area contributed by atoms with Gasteiger partial charge in [0, 0.05) is 25.9 Å². The van der Waals surface area contributed by atoms with Gasteiger partial charge in [-0.05, 0) is 48.6 Å². The Bertz CT molecular complexity index is 1880. The number of nitrogens with one attached hydrogen (secondary N) is 5. The van der Waals surface area contributed by atoms with Crippen LogP contribution in [0, 0.1) is 11.8 Å². The van der Waals surface area contributed by atoms with Crippen LogP contribution in [-0.4, -0.2) is 112 Å². The normalized spacial score (nSPS) is 27.3. The van der Waals surface area contributed by atoms with Gasteiger partial charge in [0.05, 0.1) is 6.42 Å². The average Bonchev–Trinajstić information content (AvgIpc) is 3.94. The molecule has 0 radical (unpaired) electrons. The Hall–Kier alpha value is -5.80. The summed E-state index contributed by atoms with van der Waals surface area (Å²) in [6.07, 6.45) is 2.01. The summed E-state index contributed by atoms with van der Waals surface area (Å²) in [7, 11) is 0. The predicted octanol–water partition coefficient (Wildman–Crippen LogP) is 0.859. The number of hydrogen-bond donors (Lipinski definition) is 6. The minimum Gasteiger partial charge on any atom is -0.370 e. The van der Waals surface area contributed by atoms with Gasteiger partial charge in [0.25, 0.3) is 0 Å². The van der Waals surface area contributed by atoms with Crippen molar-refractivity contribution in [1.29, 1.82) is 0 Å². The maximum absolute atomic E-state index is 14.5. The lowest BCUT2D eigenvalue weighted by Gasteiger charge is -2.33. The standard InChI is InChI=1S/C44H60N8O8/c1-5-26(3)36-41(57)46-30(25-35(45)53)38(54)47-31(23-28-15-9-7-10-16-28)43(59)51-21-13-19-33(51)40(56)50-37(27(4)6-2)42(58)48-32(24-29-17-11-8-12-18-29)44(60)52-22-14-20-34(52)39(55)49-36/h7-12,15-18,26-27,30-34,36-37H,5-6,13-14,19-25H2,1-4H3,(H2,45,53)(H,46,57)(H,47,54)(H,48,58)(H,49,55)(H,50,56)/t26?,27?,30-,31-,32-,33-,34-,36-,37-/m0/s1. The lowest BCUT2D eigenvalue weighted by molar-refractivity contribution is -0.143. The van der Waals surface area contributed by atoms with E-state index in [1.54, 1.807) is 37.3 Å². The van der Waals surface area contributed by atoms with Crippen molar-refractivity contribution < 1.29 is 38.4 Å². The molecule has 7 N–H and O–H groups in total. The number of hydrogen-bond acceptors (Lipinski definition) is 8. The van der Waals surface area contributed by atoms with Gasteiger partial charge in [-0.3, -0.25) is 38.4 Å². The average molecular weight is 829 g/mol. The summed E-state index contributed by atoms with van der Waals surface area (Å²) in [5.41, 5.74) is 7.04. The molecule has 16 nitrogen and oxygen atoms in total. The number of nitrogens with zero attached hydrogens (tertiary/aromatic N) is 2. The van der Waals surface area contributed by atoms with E-state index >= 15 is 0 Å². The first-order valence-corrected chi connectivity index (χ1v) is 21.2. The van der Waals surface area contributed by atoms with Gasteiger partial charge in [0.2, 0.25) is 47.3 Å². The third-order valence-electron chi connectivity index (χ3n) is 12.1. The molecule has 3 aliphatic heterocycles. The second-order valence-corrected chi connectivity index (χ2v) is 16.4. The molecule has 3 aliphatic rings. The molecule has 60 heavy (non-hydrogen) atoms. The number of primary amides is 1. The molecule has 324 valence electrons. The summed E-state index contributed by atoms with van der Waals surface area (Å²) in [4.78, 5) is 115. The molecular formula is C44H60N8O8. The Balaban J connectivity index is 1.58. The molecule has 2 aromatic rings. The first kappa shape index (κ1) is 45.3. The predicted molar refractivity (Wildman–Crippen MR) is 222 cm³/mol. The minimum absolute atomic E-state index is 0.0195. The van der Waals surface area contributed by atoms with E-state index in [2.05, 4.69) is 26.6 Å². The Morgan fingerprint density at radius 3 is 1.35 bits per heavy atom. The minimum atomic E-state index is -1.52. The highest BCUT2D eigenvalue weighted by molar-refractivity contribution is 6.00. The lowest BCUT2D eigenvalue weighted by atomic mass is 9.96. The molecular weight excluding hydrogens is 769 g/mol. The third-order valence-corrected chi connectivity index (χ3v) is 12.1. The Labute approximate surface area is 351 Å². The lowest BCUT2D eigenvalue weighted by Crippen LogP contribution is -2.61. The molecule has 5 rings (SSSR count). The third kappa shape index (κ3) is 11.3. The highest BCUT2D eigenvalue weighted by Gasteiger charge is 2.43. The van der Waals surface area contributed by atoms with Crippen LogP contribution in [0.1, 0.15) is 83.8 Å². The zero-order valence-corrected chi connectivity index (χ0v) is 35.0. The van der Waals surface area contributed by atoms with E-state index in [9.17, 15) is 38.4 Å². The summed E-state index contributed by atoms with van der Waals surface area (Å²) in [5, 5.41) is 14.0. The quantitative estimate of drug-likeness (QED) is 0.201. The molecule has 3 heterocycles. The number of amides is 8. The largest absolute Gasteiger partial charge is 0.370 e. The zero-order chi connectivity index (χ0) is 43.5. The van der Waals surface area contributed by atoms with E-state index in [0.717, 1.165) is 5.56 Å². The van der Waals surface area contributed by atoms with Crippen LogP contribution in [0.25, 0.3) is 0 Å². The molecule has 0 spiro atoms. The number of fused-ring (bicyclic) bond motifs is 2. The number of carbonyl (C=O) groups excluding carboxylic acids is 8. The van der Waals surface area contributed by atoms with Crippen molar-refractivity contribution in [2.75, 3.05) is 13.1 Å². The number of carbonyl (C=O) groups is 8. The smallest absolute Gasteiger partial charge is 0.246 e. The number of benzene rings is 2. The summed E-state index contributed by atoms with van der Waals surface area (Å²) in [5.74, 6) is -6.14. The van der Waals surface area contributed by atoms with E-state index in [-0.39, 0.29) is 31.8 Å². The first-order chi connectivity index (χ1) is 28.7. The maximum Gasteiger partial charge on any atom is 0.246 e. The topological polar surface area (TPSA) is 229 Å². The van der Waals surface area contributed by atoms with Gasteiger partial charge in [-0.1, -0.05) is 101 Å². The fraction of sp³-hybridized carbons (Fsp3) is 0.545. The van der Waals surface area contributed by atoms with Crippen LogP contribution in [0.15, 0.2) is 60.7 Å². The van der Waals surface area contributed by atoms with Crippen molar-refractivity contribution in [2.24, 2.45) is 17.6 Å². The highest BCUT2D eigenvalue weighted by Crippen LogP contribution is 2.24. The van der Waals surface area contributed by atoms with Crippen LogP contribution in [0.4, 0.5) is 0 Å². The van der Waals surface area contributed by atoms with Gasteiger partial charge in [0.15, 0.2) is 0 Å². The second kappa shape index (κ2) is 20.9. The van der Waals surface area contributed by atoms with Gasteiger partial charge in [0.1, 0.15) is 42.3 Å². The van der Waals surface area contributed by atoms with Crippen molar-refractivity contribution in [3.63, 3.8) is 0 Å². The van der Waals surface area contributed by atoms with Crippen molar-refractivity contribution in [3.05, 3.63) is 71.8 Å². The van der Waals surface area contributed by atoms with Crippen molar-refractivity contribution in [3.8, 4) is 0 Å². The molecule has 0 saturated carbocycles. The van der Waals surface area contributed by atoms with Crippen LogP contribution in [0.2, 0.25) is 0 Å². The first-order valence-electron chi connectivity index (χ1n) is 21.2. The highest BCUT2D eigenvalue weighted by atomic mass is 16.2. The van der Waals surface area contributed by atoms with Crippen LogP contribution in [0.5, 0.6) is 0 Å². The van der Waals surface area contributed by atoms with Crippen molar-refractivity contribution in [1.82, 2.24) is 36.4 Å². The summed E-state index contributed by atoms with van der Waals surface area (Å²) in [6, 6.07) is 9.98. The van der Waals surface area contributed by atoms with Crippen LogP contribution >= 0.6 is 0 Å². The molecule has 0 aromatic heterocycles. The Kier molecular flexibility index (Phi) is 15.8. The zero-order valence-electron chi connectivity index (χ0n) is 35.0. The molecule has 3 saturated heterocycles.